The molecule has 126 valence electrons. The van der Waals surface area contributed by atoms with Crippen molar-refractivity contribution in [3.63, 3.8) is 0 Å². The van der Waals surface area contributed by atoms with Gasteiger partial charge in [-0.2, -0.15) is 0 Å². The molecular formula is C18H17Br2NO2S. The number of nitrogens with zero attached hydrogens (tertiary/aromatic N) is 1. The number of hydrogen-bond acceptors (Lipinski definition) is 2. The Labute approximate surface area is 159 Å². The molecule has 0 spiro atoms. The molecule has 0 saturated carbocycles. The lowest BCUT2D eigenvalue weighted by atomic mass is 10.0. The van der Waals surface area contributed by atoms with E-state index in [0.29, 0.717) is 15.9 Å². The summed E-state index contributed by atoms with van der Waals surface area (Å²) in [6, 6.07) is 14.6. The summed E-state index contributed by atoms with van der Waals surface area (Å²) in [6.07, 6.45) is 0.608. The topological polar surface area (TPSA) is 37.4 Å². The van der Waals surface area contributed by atoms with Gasteiger partial charge in [0.2, 0.25) is 0 Å². The molecule has 1 atom stereocenters. The van der Waals surface area contributed by atoms with Crippen LogP contribution in [0.2, 0.25) is 0 Å². The van der Waals surface area contributed by atoms with Crippen molar-refractivity contribution in [3.05, 3.63) is 74.3 Å². The van der Waals surface area contributed by atoms with Crippen LogP contribution in [0.1, 0.15) is 29.2 Å². The predicted molar refractivity (Wildman–Crippen MR) is 104 cm³/mol. The second-order valence-electron chi connectivity index (χ2n) is 5.89. The van der Waals surface area contributed by atoms with Gasteiger partial charge in [-0.1, -0.05) is 57.9 Å². The Bertz CT molecular complexity index is 905. The van der Waals surface area contributed by atoms with Crippen molar-refractivity contribution in [1.82, 2.24) is 4.31 Å². The lowest BCUT2D eigenvalue weighted by molar-refractivity contribution is 0.429. The van der Waals surface area contributed by atoms with Gasteiger partial charge in [-0.3, -0.25) is 4.31 Å². The Hall–Kier alpha value is -1.11. The van der Waals surface area contributed by atoms with Crippen LogP contribution in [-0.4, -0.2) is 12.7 Å². The molecule has 24 heavy (non-hydrogen) atoms. The molecule has 1 aliphatic heterocycles. The third-order valence-electron chi connectivity index (χ3n) is 4.20. The fourth-order valence-electron chi connectivity index (χ4n) is 2.89. The summed E-state index contributed by atoms with van der Waals surface area (Å²) < 4.78 is 29.4. The zero-order chi connectivity index (χ0) is 17.5. The largest absolute Gasteiger partial charge is 0.265 e. The highest BCUT2D eigenvalue weighted by Gasteiger charge is 2.40. The lowest BCUT2D eigenvalue weighted by Crippen LogP contribution is -2.29. The molecule has 6 heteroatoms. The Morgan fingerprint density at radius 2 is 1.62 bits per heavy atom. The Morgan fingerprint density at radius 1 is 1.00 bits per heavy atom. The van der Waals surface area contributed by atoms with Crippen molar-refractivity contribution < 1.29 is 8.42 Å². The molecule has 0 fully saturated rings. The Balaban J connectivity index is 2.11. The highest BCUT2D eigenvalue weighted by molar-refractivity contribution is 9.14. The fraction of sp³-hybridized carbons (Fsp3) is 0.222. The molecule has 3 rings (SSSR count). The van der Waals surface area contributed by atoms with Crippen molar-refractivity contribution in [2.45, 2.75) is 31.2 Å². The summed E-state index contributed by atoms with van der Waals surface area (Å²) in [6.45, 7) is 3.95. The average Bonchev–Trinajstić information content (AvgIpc) is 2.84. The van der Waals surface area contributed by atoms with Gasteiger partial charge >= 0.3 is 0 Å². The van der Waals surface area contributed by atoms with E-state index in [0.717, 1.165) is 21.2 Å². The van der Waals surface area contributed by atoms with E-state index < -0.39 is 10.0 Å². The molecule has 3 nitrogen and oxygen atoms in total. The SMILES string of the molecule is Cc1ccc(S(=O)(=O)N2C(Br)=C(Br)CC2c2ccccc2C)cc1. The van der Waals surface area contributed by atoms with Crippen LogP contribution in [0.4, 0.5) is 0 Å². The van der Waals surface area contributed by atoms with Crippen molar-refractivity contribution in [2.75, 3.05) is 0 Å². The van der Waals surface area contributed by atoms with Gasteiger partial charge in [-0.25, -0.2) is 8.42 Å². The van der Waals surface area contributed by atoms with E-state index >= 15 is 0 Å². The van der Waals surface area contributed by atoms with E-state index in [1.807, 2.05) is 50.2 Å². The van der Waals surface area contributed by atoms with Crippen LogP contribution in [0.5, 0.6) is 0 Å². The number of benzene rings is 2. The van der Waals surface area contributed by atoms with Crippen LogP contribution in [0.15, 0.2) is 62.5 Å². The smallest absolute Gasteiger partial charge is 0.251 e. The molecule has 2 aromatic rings. The van der Waals surface area contributed by atoms with Gasteiger partial charge in [-0.05, 0) is 53.0 Å². The number of hydrogen-bond donors (Lipinski definition) is 0. The molecule has 0 aromatic heterocycles. The van der Waals surface area contributed by atoms with Crippen LogP contribution < -0.4 is 0 Å². The Morgan fingerprint density at radius 3 is 2.25 bits per heavy atom. The molecule has 2 aromatic carbocycles. The third kappa shape index (κ3) is 3.07. The number of rotatable bonds is 3. The standard InChI is InChI=1S/C18H17Br2NO2S/c1-12-7-9-14(10-8-12)24(22,23)21-17(11-16(19)18(21)20)15-6-4-3-5-13(15)2/h3-10,17H,11H2,1-2H3. The van der Waals surface area contributed by atoms with Crippen LogP contribution in [0, 0.1) is 13.8 Å². The zero-order valence-electron chi connectivity index (χ0n) is 13.3. The lowest BCUT2D eigenvalue weighted by Gasteiger charge is -2.28. The summed E-state index contributed by atoms with van der Waals surface area (Å²) in [7, 11) is -3.65. The number of halogens is 2. The predicted octanol–water partition coefficient (Wildman–Crippen LogP) is 5.40. The second-order valence-corrected chi connectivity index (χ2v) is 9.41. The third-order valence-corrected chi connectivity index (χ3v) is 8.35. The minimum atomic E-state index is -3.65. The minimum absolute atomic E-state index is 0.263. The van der Waals surface area contributed by atoms with Crippen LogP contribution in [0.3, 0.4) is 0 Å². The summed E-state index contributed by atoms with van der Waals surface area (Å²) in [5, 5.41) is 0. The fourth-order valence-corrected chi connectivity index (χ4v) is 6.03. The van der Waals surface area contributed by atoms with Crippen molar-refractivity contribution >= 4 is 41.9 Å². The molecule has 1 aliphatic rings. The summed E-state index contributed by atoms with van der Waals surface area (Å²) in [5.41, 5.74) is 3.12. The van der Waals surface area contributed by atoms with Gasteiger partial charge in [0.1, 0.15) is 4.61 Å². The molecule has 1 unspecified atom stereocenters. The van der Waals surface area contributed by atoms with Crippen LogP contribution in [0.25, 0.3) is 0 Å². The van der Waals surface area contributed by atoms with Crippen molar-refractivity contribution in [2.24, 2.45) is 0 Å². The van der Waals surface area contributed by atoms with Crippen LogP contribution >= 0.6 is 31.9 Å². The highest BCUT2D eigenvalue weighted by atomic mass is 79.9. The first-order chi connectivity index (χ1) is 11.3. The number of sulfonamides is 1. The van der Waals surface area contributed by atoms with E-state index in [-0.39, 0.29) is 6.04 Å². The summed E-state index contributed by atoms with van der Waals surface area (Å²) in [4.78, 5) is 0.297. The molecular weight excluding hydrogens is 454 g/mol. The monoisotopic (exact) mass is 469 g/mol. The van der Waals surface area contributed by atoms with Gasteiger partial charge in [0.25, 0.3) is 10.0 Å². The highest BCUT2D eigenvalue weighted by Crippen LogP contribution is 2.47. The van der Waals surface area contributed by atoms with Crippen molar-refractivity contribution in [3.8, 4) is 0 Å². The maximum atomic E-state index is 13.2. The van der Waals surface area contributed by atoms with Gasteiger partial charge in [0.15, 0.2) is 0 Å². The zero-order valence-corrected chi connectivity index (χ0v) is 17.3. The molecule has 0 N–H and O–H groups in total. The maximum absolute atomic E-state index is 13.2. The first-order valence-electron chi connectivity index (χ1n) is 7.53. The first kappa shape index (κ1) is 17.7. The molecule has 0 saturated heterocycles. The van der Waals surface area contributed by atoms with E-state index in [1.54, 1.807) is 12.1 Å². The van der Waals surface area contributed by atoms with Gasteiger partial charge in [-0.15, -0.1) is 0 Å². The number of aryl methyl sites for hydroxylation is 2. The first-order valence-corrected chi connectivity index (χ1v) is 10.6. The van der Waals surface area contributed by atoms with Gasteiger partial charge < -0.3 is 0 Å². The van der Waals surface area contributed by atoms with Crippen LogP contribution in [-0.2, 0) is 10.0 Å². The molecule has 0 radical (unpaired) electrons. The van der Waals surface area contributed by atoms with E-state index in [4.69, 9.17) is 0 Å². The molecule has 0 bridgehead atoms. The maximum Gasteiger partial charge on any atom is 0.265 e. The van der Waals surface area contributed by atoms with E-state index in [2.05, 4.69) is 31.9 Å². The molecule has 0 amide bonds. The molecule has 0 aliphatic carbocycles. The Kier molecular flexibility index (Phi) is 4.91. The van der Waals surface area contributed by atoms with E-state index in [9.17, 15) is 8.42 Å². The summed E-state index contributed by atoms with van der Waals surface area (Å²) >= 11 is 6.97. The second kappa shape index (κ2) is 6.65. The van der Waals surface area contributed by atoms with Gasteiger partial charge in [0, 0.05) is 10.9 Å². The normalized spacial score (nSPS) is 18.3. The van der Waals surface area contributed by atoms with E-state index in [1.165, 1.54) is 4.31 Å². The summed E-state index contributed by atoms with van der Waals surface area (Å²) in [5.74, 6) is 0. The minimum Gasteiger partial charge on any atom is -0.251 e. The quantitative estimate of drug-likeness (QED) is 0.563. The molecule has 1 heterocycles. The van der Waals surface area contributed by atoms with Gasteiger partial charge in [0.05, 0.1) is 10.9 Å². The average molecular weight is 471 g/mol. The van der Waals surface area contributed by atoms with Crippen molar-refractivity contribution in [1.29, 1.82) is 0 Å².